The quantitative estimate of drug-likeness (QED) is 0.760. The lowest BCUT2D eigenvalue weighted by Gasteiger charge is -2.14. The summed E-state index contributed by atoms with van der Waals surface area (Å²) < 4.78 is 54.6. The minimum absolute atomic E-state index is 0.0387. The van der Waals surface area contributed by atoms with Gasteiger partial charge in [-0.1, -0.05) is 6.07 Å². The van der Waals surface area contributed by atoms with E-state index in [9.17, 15) is 17.6 Å². The summed E-state index contributed by atoms with van der Waals surface area (Å²) in [5.74, 6) is -0.946. The predicted molar refractivity (Wildman–Crippen MR) is 68.0 cm³/mol. The first-order valence-corrected chi connectivity index (χ1v) is 5.86. The molecule has 0 fully saturated rings. The maximum atomic E-state index is 13.3. The van der Waals surface area contributed by atoms with Gasteiger partial charge >= 0.3 is 6.36 Å². The highest BCUT2D eigenvalue weighted by Gasteiger charge is 2.32. The van der Waals surface area contributed by atoms with Crippen LogP contribution in [0.25, 0.3) is 11.1 Å². The molecule has 0 atom stereocenters. The summed E-state index contributed by atoms with van der Waals surface area (Å²) in [7, 11) is 0. The third-order valence-electron chi connectivity index (χ3n) is 2.81. The molecule has 21 heavy (non-hydrogen) atoms. The van der Waals surface area contributed by atoms with E-state index in [1.54, 1.807) is 6.07 Å². The zero-order chi connectivity index (χ0) is 15.6. The second-order valence-corrected chi connectivity index (χ2v) is 4.33. The summed E-state index contributed by atoms with van der Waals surface area (Å²) in [6.45, 7) is 1.51. The van der Waals surface area contributed by atoms with Crippen molar-refractivity contribution in [2.75, 3.05) is 0 Å². The predicted octanol–water partition coefficient (Wildman–Crippen LogP) is 4.57. The van der Waals surface area contributed by atoms with Crippen LogP contribution in [0.15, 0.2) is 36.4 Å². The molecule has 0 aliphatic rings. The normalized spacial score (nSPS) is 11.0. The Morgan fingerprint density at radius 1 is 1.10 bits per heavy atom. The monoisotopic (exact) mass is 295 g/mol. The molecule has 0 N–H and O–H groups in total. The molecule has 0 spiro atoms. The van der Waals surface area contributed by atoms with Gasteiger partial charge in [-0.05, 0) is 48.4 Å². The number of hydrogen-bond acceptors (Lipinski definition) is 2. The fourth-order valence-electron chi connectivity index (χ4n) is 1.85. The van der Waals surface area contributed by atoms with Gasteiger partial charge in [-0.3, -0.25) is 0 Å². The van der Waals surface area contributed by atoms with Gasteiger partial charge in [-0.15, -0.1) is 13.2 Å². The van der Waals surface area contributed by atoms with Crippen molar-refractivity contribution in [3.63, 3.8) is 0 Å². The van der Waals surface area contributed by atoms with Crippen molar-refractivity contribution in [1.29, 1.82) is 5.26 Å². The van der Waals surface area contributed by atoms with Crippen molar-refractivity contribution >= 4 is 0 Å². The summed E-state index contributed by atoms with van der Waals surface area (Å²) in [4.78, 5) is 0. The topological polar surface area (TPSA) is 33.0 Å². The lowest BCUT2D eigenvalue weighted by molar-refractivity contribution is -0.274. The average molecular weight is 295 g/mol. The number of nitrogens with zero attached hydrogens (tertiary/aromatic N) is 1. The van der Waals surface area contributed by atoms with Crippen LogP contribution in [-0.2, 0) is 0 Å². The lowest BCUT2D eigenvalue weighted by Crippen LogP contribution is -2.17. The van der Waals surface area contributed by atoms with Gasteiger partial charge in [0.25, 0.3) is 0 Å². The second-order valence-electron chi connectivity index (χ2n) is 4.33. The maximum Gasteiger partial charge on any atom is 0.573 e. The van der Waals surface area contributed by atoms with E-state index in [0.717, 1.165) is 6.07 Å². The smallest absolute Gasteiger partial charge is 0.405 e. The van der Waals surface area contributed by atoms with Gasteiger partial charge in [0.2, 0.25) is 0 Å². The molecule has 108 valence electrons. The van der Waals surface area contributed by atoms with Crippen LogP contribution in [-0.4, -0.2) is 6.36 Å². The number of halogens is 4. The van der Waals surface area contributed by atoms with Gasteiger partial charge in [-0.25, -0.2) is 4.39 Å². The highest BCUT2D eigenvalue weighted by atomic mass is 19.4. The Bertz CT molecular complexity index is 717. The molecule has 2 aromatic rings. The van der Waals surface area contributed by atoms with Crippen LogP contribution in [0.4, 0.5) is 17.6 Å². The Kier molecular flexibility index (Phi) is 3.85. The standard InChI is InChI=1S/C15H9F4NO/c1-9-6-11(3-5-13(9)16)12-4-2-10(8-20)7-14(12)21-15(17,18)19/h2-7H,1H3. The highest BCUT2D eigenvalue weighted by Crippen LogP contribution is 2.35. The molecule has 0 aliphatic carbocycles. The largest absolute Gasteiger partial charge is 0.573 e. The highest BCUT2D eigenvalue weighted by molar-refractivity contribution is 5.72. The molecular weight excluding hydrogens is 286 g/mol. The number of alkyl halides is 3. The third-order valence-corrected chi connectivity index (χ3v) is 2.81. The van der Waals surface area contributed by atoms with Crippen LogP contribution in [0.1, 0.15) is 11.1 Å². The fraction of sp³-hybridized carbons (Fsp3) is 0.133. The second kappa shape index (κ2) is 5.44. The summed E-state index contributed by atoms with van der Waals surface area (Å²) in [6.07, 6.45) is -4.88. The van der Waals surface area contributed by atoms with E-state index >= 15 is 0 Å². The van der Waals surface area contributed by atoms with E-state index in [-0.39, 0.29) is 11.1 Å². The molecule has 2 nitrogen and oxygen atoms in total. The summed E-state index contributed by atoms with van der Waals surface area (Å²) in [6, 6.07) is 9.40. The Labute approximate surface area is 118 Å². The first-order valence-electron chi connectivity index (χ1n) is 5.86. The van der Waals surface area contributed by atoms with Crippen LogP contribution >= 0.6 is 0 Å². The molecule has 0 amide bonds. The van der Waals surface area contributed by atoms with Gasteiger partial charge in [0.05, 0.1) is 11.6 Å². The van der Waals surface area contributed by atoms with Crippen molar-refractivity contribution < 1.29 is 22.3 Å². The molecular formula is C15H9F4NO. The van der Waals surface area contributed by atoms with Crippen molar-refractivity contribution in [1.82, 2.24) is 0 Å². The van der Waals surface area contributed by atoms with E-state index in [0.29, 0.717) is 11.1 Å². The molecule has 0 unspecified atom stereocenters. The molecule has 0 saturated carbocycles. The number of rotatable bonds is 2. The average Bonchev–Trinajstić information content (AvgIpc) is 2.40. The SMILES string of the molecule is Cc1cc(-c2ccc(C#N)cc2OC(F)(F)F)ccc1F. The molecule has 2 aromatic carbocycles. The zero-order valence-electron chi connectivity index (χ0n) is 10.8. The molecule has 6 heteroatoms. The molecule has 0 saturated heterocycles. The summed E-state index contributed by atoms with van der Waals surface area (Å²) in [5, 5.41) is 8.77. The van der Waals surface area contributed by atoms with Gasteiger partial charge < -0.3 is 4.74 Å². The first kappa shape index (κ1) is 14.9. The van der Waals surface area contributed by atoms with Gasteiger partial charge in [0.15, 0.2) is 0 Å². The lowest BCUT2D eigenvalue weighted by atomic mass is 10.0. The van der Waals surface area contributed by atoms with Crippen LogP contribution in [0.3, 0.4) is 0 Å². The molecule has 0 bridgehead atoms. The van der Waals surface area contributed by atoms with Gasteiger partial charge in [-0.2, -0.15) is 5.26 Å². The number of nitriles is 1. The number of ether oxygens (including phenoxy) is 1. The minimum Gasteiger partial charge on any atom is -0.405 e. The molecule has 0 radical (unpaired) electrons. The van der Waals surface area contributed by atoms with E-state index in [2.05, 4.69) is 4.74 Å². The van der Waals surface area contributed by atoms with Crippen molar-refractivity contribution in [2.24, 2.45) is 0 Å². The van der Waals surface area contributed by atoms with E-state index in [4.69, 9.17) is 5.26 Å². The van der Waals surface area contributed by atoms with E-state index in [1.807, 2.05) is 0 Å². The van der Waals surface area contributed by atoms with Gasteiger partial charge in [0.1, 0.15) is 11.6 Å². The third kappa shape index (κ3) is 3.51. The van der Waals surface area contributed by atoms with E-state index < -0.39 is 17.9 Å². The molecule has 0 aliphatic heterocycles. The van der Waals surface area contributed by atoms with Gasteiger partial charge in [0, 0.05) is 5.56 Å². The Morgan fingerprint density at radius 2 is 1.81 bits per heavy atom. The maximum absolute atomic E-state index is 13.3. The molecule has 0 aromatic heterocycles. The van der Waals surface area contributed by atoms with Crippen molar-refractivity contribution in [3.8, 4) is 22.9 Å². The van der Waals surface area contributed by atoms with Crippen molar-refractivity contribution in [3.05, 3.63) is 53.3 Å². The minimum atomic E-state index is -4.88. The van der Waals surface area contributed by atoms with Crippen LogP contribution in [0.5, 0.6) is 5.75 Å². The number of benzene rings is 2. The Balaban J connectivity index is 2.56. The summed E-state index contributed by atoms with van der Waals surface area (Å²) >= 11 is 0. The Hall–Kier alpha value is -2.55. The fourth-order valence-corrected chi connectivity index (χ4v) is 1.85. The summed E-state index contributed by atoms with van der Waals surface area (Å²) in [5.41, 5.74) is 0.846. The number of aryl methyl sites for hydroxylation is 1. The van der Waals surface area contributed by atoms with Crippen LogP contribution in [0, 0.1) is 24.1 Å². The number of hydrogen-bond donors (Lipinski definition) is 0. The molecule has 2 rings (SSSR count). The van der Waals surface area contributed by atoms with E-state index in [1.165, 1.54) is 37.3 Å². The Morgan fingerprint density at radius 3 is 2.38 bits per heavy atom. The molecule has 0 heterocycles. The zero-order valence-corrected chi connectivity index (χ0v) is 10.8. The van der Waals surface area contributed by atoms with Crippen molar-refractivity contribution in [2.45, 2.75) is 13.3 Å². The van der Waals surface area contributed by atoms with Crippen LogP contribution in [0.2, 0.25) is 0 Å². The van der Waals surface area contributed by atoms with Crippen LogP contribution < -0.4 is 4.74 Å². The first-order chi connectivity index (χ1) is 9.80.